The maximum atomic E-state index is 11.5. The summed E-state index contributed by atoms with van der Waals surface area (Å²) in [7, 11) is 0. The monoisotopic (exact) mass is 204 g/mol. The third kappa shape index (κ3) is 1.96. The van der Waals surface area contributed by atoms with Crippen molar-refractivity contribution >= 4 is 17.3 Å². The van der Waals surface area contributed by atoms with Crippen molar-refractivity contribution in [2.45, 2.75) is 20.3 Å². The fraction of sp³-hybridized carbons (Fsp3) is 0.417. The molecule has 2 rings (SSSR count). The third-order valence-corrected chi connectivity index (χ3v) is 2.70. The largest absolute Gasteiger partial charge is 0.383 e. The first kappa shape index (κ1) is 10.0. The van der Waals surface area contributed by atoms with Gasteiger partial charge in [0, 0.05) is 20.0 Å². The standard InChI is InChI=1S/C12H16N2O/c1-9-4-5-12-11(8-9)13-6-3-7-14(12)10(2)15/h4-5,8,13H,3,6-7H2,1-2H3. The zero-order valence-electron chi connectivity index (χ0n) is 9.21. The highest BCUT2D eigenvalue weighted by molar-refractivity contribution is 5.95. The summed E-state index contributed by atoms with van der Waals surface area (Å²) in [6, 6.07) is 6.16. The summed E-state index contributed by atoms with van der Waals surface area (Å²) in [6.07, 6.45) is 0.993. The summed E-state index contributed by atoms with van der Waals surface area (Å²) in [4.78, 5) is 13.3. The number of benzene rings is 1. The molecule has 1 heterocycles. The second-order valence-electron chi connectivity index (χ2n) is 3.97. The van der Waals surface area contributed by atoms with E-state index in [4.69, 9.17) is 0 Å². The van der Waals surface area contributed by atoms with E-state index in [2.05, 4.69) is 18.3 Å². The van der Waals surface area contributed by atoms with Gasteiger partial charge in [-0.15, -0.1) is 0 Å². The number of carbonyl (C=O) groups excluding carboxylic acids is 1. The van der Waals surface area contributed by atoms with Crippen molar-refractivity contribution in [1.82, 2.24) is 0 Å². The van der Waals surface area contributed by atoms with Crippen LogP contribution in [0.1, 0.15) is 18.9 Å². The summed E-state index contributed by atoms with van der Waals surface area (Å²) >= 11 is 0. The third-order valence-electron chi connectivity index (χ3n) is 2.70. The number of nitrogens with one attached hydrogen (secondary N) is 1. The number of hydrogen-bond acceptors (Lipinski definition) is 2. The fourth-order valence-electron chi connectivity index (χ4n) is 1.93. The molecule has 0 bridgehead atoms. The van der Waals surface area contributed by atoms with Crippen molar-refractivity contribution in [3.05, 3.63) is 23.8 Å². The molecule has 1 N–H and O–H groups in total. The van der Waals surface area contributed by atoms with Crippen LogP contribution in [0.15, 0.2) is 18.2 Å². The van der Waals surface area contributed by atoms with Gasteiger partial charge in [-0.3, -0.25) is 4.79 Å². The van der Waals surface area contributed by atoms with Crippen molar-refractivity contribution in [3.8, 4) is 0 Å². The Morgan fingerprint density at radius 3 is 3.00 bits per heavy atom. The van der Waals surface area contributed by atoms with Gasteiger partial charge in [-0.25, -0.2) is 0 Å². The maximum absolute atomic E-state index is 11.5. The molecule has 3 heteroatoms. The van der Waals surface area contributed by atoms with E-state index < -0.39 is 0 Å². The Hall–Kier alpha value is -1.51. The zero-order chi connectivity index (χ0) is 10.8. The van der Waals surface area contributed by atoms with Crippen LogP contribution >= 0.6 is 0 Å². The van der Waals surface area contributed by atoms with Crippen molar-refractivity contribution in [1.29, 1.82) is 0 Å². The van der Waals surface area contributed by atoms with Crippen LogP contribution < -0.4 is 10.2 Å². The smallest absolute Gasteiger partial charge is 0.223 e. The van der Waals surface area contributed by atoms with Gasteiger partial charge in [0.1, 0.15) is 0 Å². The van der Waals surface area contributed by atoms with E-state index in [1.54, 1.807) is 6.92 Å². The Kier molecular flexibility index (Phi) is 2.62. The Morgan fingerprint density at radius 2 is 2.27 bits per heavy atom. The molecule has 0 aliphatic carbocycles. The van der Waals surface area contributed by atoms with Gasteiger partial charge in [0.25, 0.3) is 0 Å². The lowest BCUT2D eigenvalue weighted by Crippen LogP contribution is -2.28. The first-order valence-corrected chi connectivity index (χ1v) is 5.31. The quantitative estimate of drug-likeness (QED) is 0.702. The number of rotatable bonds is 0. The Labute approximate surface area is 90.1 Å². The Bertz CT molecular complexity index is 387. The molecule has 1 amide bonds. The van der Waals surface area contributed by atoms with E-state index in [9.17, 15) is 4.79 Å². The van der Waals surface area contributed by atoms with Gasteiger partial charge in [0.05, 0.1) is 11.4 Å². The summed E-state index contributed by atoms with van der Waals surface area (Å²) < 4.78 is 0. The molecule has 1 aromatic carbocycles. The number of hydrogen-bond donors (Lipinski definition) is 1. The Balaban J connectivity index is 2.45. The minimum Gasteiger partial charge on any atom is -0.383 e. The fourth-order valence-corrected chi connectivity index (χ4v) is 1.93. The van der Waals surface area contributed by atoms with Crippen molar-refractivity contribution < 1.29 is 4.79 Å². The number of carbonyl (C=O) groups is 1. The lowest BCUT2D eigenvalue weighted by atomic mass is 10.2. The molecule has 0 radical (unpaired) electrons. The van der Waals surface area contributed by atoms with Gasteiger partial charge in [-0.2, -0.15) is 0 Å². The van der Waals surface area contributed by atoms with Crippen molar-refractivity contribution in [2.24, 2.45) is 0 Å². The van der Waals surface area contributed by atoms with E-state index in [1.807, 2.05) is 17.0 Å². The highest BCUT2D eigenvalue weighted by atomic mass is 16.2. The minimum absolute atomic E-state index is 0.115. The number of fused-ring (bicyclic) bond motifs is 1. The average Bonchev–Trinajstić information content (AvgIpc) is 2.38. The number of amides is 1. The van der Waals surface area contributed by atoms with Gasteiger partial charge < -0.3 is 10.2 Å². The van der Waals surface area contributed by atoms with Gasteiger partial charge in [0.15, 0.2) is 0 Å². The van der Waals surface area contributed by atoms with Crippen LogP contribution in [0.25, 0.3) is 0 Å². The van der Waals surface area contributed by atoms with Crippen LogP contribution in [0.3, 0.4) is 0 Å². The first-order valence-electron chi connectivity index (χ1n) is 5.31. The maximum Gasteiger partial charge on any atom is 0.223 e. The predicted octanol–water partition coefficient (Wildman–Crippen LogP) is 2.16. The molecule has 0 fully saturated rings. The molecule has 1 aliphatic rings. The van der Waals surface area contributed by atoms with E-state index in [0.29, 0.717) is 0 Å². The van der Waals surface area contributed by atoms with Crippen LogP contribution in [-0.4, -0.2) is 19.0 Å². The molecule has 0 saturated carbocycles. The van der Waals surface area contributed by atoms with E-state index in [-0.39, 0.29) is 5.91 Å². The molecular weight excluding hydrogens is 188 g/mol. The van der Waals surface area contributed by atoms with Crippen molar-refractivity contribution in [3.63, 3.8) is 0 Å². The molecule has 3 nitrogen and oxygen atoms in total. The SMILES string of the molecule is CC(=O)N1CCCNc2cc(C)ccc21. The topological polar surface area (TPSA) is 32.3 Å². The molecule has 0 spiro atoms. The molecule has 0 unspecified atom stereocenters. The molecule has 0 atom stereocenters. The van der Waals surface area contributed by atoms with Gasteiger partial charge in [-0.1, -0.05) is 6.07 Å². The summed E-state index contributed by atoms with van der Waals surface area (Å²) in [5, 5.41) is 3.36. The summed E-state index contributed by atoms with van der Waals surface area (Å²) in [6.45, 7) is 5.42. The highest BCUT2D eigenvalue weighted by Gasteiger charge is 2.17. The van der Waals surface area contributed by atoms with Crippen LogP contribution in [-0.2, 0) is 4.79 Å². The van der Waals surface area contributed by atoms with Gasteiger partial charge in [-0.05, 0) is 31.0 Å². The summed E-state index contributed by atoms with van der Waals surface area (Å²) in [5.41, 5.74) is 3.29. The molecule has 15 heavy (non-hydrogen) atoms. The lowest BCUT2D eigenvalue weighted by Gasteiger charge is -2.20. The predicted molar refractivity (Wildman–Crippen MR) is 62.3 cm³/mol. The highest BCUT2D eigenvalue weighted by Crippen LogP contribution is 2.29. The van der Waals surface area contributed by atoms with E-state index in [0.717, 1.165) is 30.9 Å². The van der Waals surface area contributed by atoms with E-state index in [1.165, 1.54) is 5.56 Å². The van der Waals surface area contributed by atoms with Crippen molar-refractivity contribution in [2.75, 3.05) is 23.3 Å². The Morgan fingerprint density at radius 1 is 1.47 bits per heavy atom. The first-order chi connectivity index (χ1) is 7.18. The molecule has 1 aromatic rings. The molecular formula is C12H16N2O. The second-order valence-corrected chi connectivity index (χ2v) is 3.97. The average molecular weight is 204 g/mol. The molecule has 1 aliphatic heterocycles. The zero-order valence-corrected chi connectivity index (χ0v) is 9.21. The second kappa shape index (κ2) is 3.93. The number of nitrogens with zero attached hydrogens (tertiary/aromatic N) is 1. The van der Waals surface area contributed by atoms with Crippen LogP contribution in [0.5, 0.6) is 0 Å². The molecule has 0 saturated heterocycles. The van der Waals surface area contributed by atoms with Gasteiger partial charge >= 0.3 is 0 Å². The van der Waals surface area contributed by atoms with E-state index >= 15 is 0 Å². The minimum atomic E-state index is 0.115. The van der Waals surface area contributed by atoms with Gasteiger partial charge in [0.2, 0.25) is 5.91 Å². The number of aryl methyl sites for hydroxylation is 1. The summed E-state index contributed by atoms with van der Waals surface area (Å²) in [5.74, 6) is 0.115. The van der Waals surface area contributed by atoms with Crippen LogP contribution in [0.4, 0.5) is 11.4 Å². The lowest BCUT2D eigenvalue weighted by molar-refractivity contribution is -0.116. The normalized spacial score (nSPS) is 15.2. The van der Waals surface area contributed by atoms with Crippen LogP contribution in [0.2, 0.25) is 0 Å². The molecule has 80 valence electrons. The van der Waals surface area contributed by atoms with Crippen LogP contribution in [0, 0.1) is 6.92 Å². The number of anilines is 2. The molecule has 0 aromatic heterocycles.